The summed E-state index contributed by atoms with van der Waals surface area (Å²) in [6.07, 6.45) is 5.46. The summed E-state index contributed by atoms with van der Waals surface area (Å²) in [5, 5.41) is 10.2. The molecule has 1 aromatic carbocycles. The summed E-state index contributed by atoms with van der Waals surface area (Å²) in [4.78, 5) is 25.5. The molecular formula is C27H42N8OS. The third-order valence-electron chi connectivity index (χ3n) is 8.13. The summed E-state index contributed by atoms with van der Waals surface area (Å²) in [6.45, 7) is 11.5. The van der Waals surface area contributed by atoms with Crippen LogP contribution in [0.1, 0.15) is 38.3 Å². The topological polar surface area (TPSA) is 91.6 Å². The summed E-state index contributed by atoms with van der Waals surface area (Å²) < 4.78 is 2.12. The number of aromatic amines is 1. The zero-order valence-corrected chi connectivity index (χ0v) is 22.9. The third-order valence-corrected chi connectivity index (χ3v) is 8.53. The van der Waals surface area contributed by atoms with Crippen molar-refractivity contribution in [3.05, 3.63) is 40.3 Å². The molecule has 10 heteroatoms. The number of piperidine rings is 2. The number of nitrogens with zero attached hydrogens (tertiary/aromatic N) is 4. The number of H-pyrrole nitrogens is 1. The van der Waals surface area contributed by atoms with E-state index in [9.17, 15) is 4.79 Å². The van der Waals surface area contributed by atoms with Gasteiger partial charge in [-0.25, -0.2) is 4.98 Å². The molecule has 3 aliphatic rings. The lowest BCUT2D eigenvalue weighted by molar-refractivity contribution is 0.124. The maximum Gasteiger partial charge on any atom is 0.291 e. The lowest BCUT2D eigenvalue weighted by Crippen LogP contribution is -2.51. The van der Waals surface area contributed by atoms with Crippen LogP contribution in [-0.4, -0.2) is 84.1 Å². The van der Waals surface area contributed by atoms with E-state index >= 15 is 0 Å². The molecule has 0 saturated carbocycles. The van der Waals surface area contributed by atoms with Crippen LogP contribution in [0.3, 0.4) is 0 Å². The molecule has 0 amide bonds. The monoisotopic (exact) mass is 526 g/mol. The van der Waals surface area contributed by atoms with Gasteiger partial charge in [-0.15, -0.1) is 0 Å². The first kappa shape index (κ1) is 26.3. The van der Waals surface area contributed by atoms with Gasteiger partial charge in [0.2, 0.25) is 0 Å². The van der Waals surface area contributed by atoms with Gasteiger partial charge in [-0.3, -0.25) is 14.0 Å². The van der Waals surface area contributed by atoms with Crippen LogP contribution in [-0.2, 0) is 6.42 Å². The molecule has 0 radical (unpaired) electrons. The van der Waals surface area contributed by atoms with Gasteiger partial charge in [0.05, 0.1) is 5.69 Å². The molecule has 9 nitrogen and oxygen atoms in total. The van der Waals surface area contributed by atoms with E-state index in [1.807, 2.05) is 19.1 Å². The lowest BCUT2D eigenvalue weighted by Gasteiger charge is -2.42. The van der Waals surface area contributed by atoms with Crippen molar-refractivity contribution in [2.75, 3.05) is 74.4 Å². The van der Waals surface area contributed by atoms with Gasteiger partial charge in [-0.1, -0.05) is 19.7 Å². The average molecular weight is 527 g/mol. The first-order chi connectivity index (χ1) is 18.1. The molecule has 37 heavy (non-hydrogen) atoms. The van der Waals surface area contributed by atoms with Gasteiger partial charge >= 0.3 is 0 Å². The number of rotatable bonds is 8. The number of hydrogen-bond acceptors (Lipinski definition) is 9. The molecule has 0 spiro atoms. The summed E-state index contributed by atoms with van der Waals surface area (Å²) >= 11 is 4.48. The second-order valence-corrected chi connectivity index (χ2v) is 11.1. The van der Waals surface area contributed by atoms with Crippen LogP contribution in [0, 0.1) is 5.92 Å². The summed E-state index contributed by atoms with van der Waals surface area (Å²) in [5.41, 5.74) is 2.77. The normalized spacial score (nSPS) is 20.8. The van der Waals surface area contributed by atoms with E-state index < -0.39 is 0 Å². The van der Waals surface area contributed by atoms with E-state index in [0.29, 0.717) is 17.8 Å². The smallest absolute Gasteiger partial charge is 0.291 e. The van der Waals surface area contributed by atoms with E-state index in [1.165, 1.54) is 31.4 Å². The third kappa shape index (κ3) is 6.79. The number of aryl methyl sites for hydroxylation is 1. The maximum atomic E-state index is 12.7. The highest BCUT2D eigenvalue weighted by molar-refractivity contribution is 7.77. The van der Waals surface area contributed by atoms with Crippen molar-refractivity contribution in [3.63, 3.8) is 0 Å². The fourth-order valence-electron chi connectivity index (χ4n) is 5.76. The Morgan fingerprint density at radius 2 is 1.68 bits per heavy atom. The van der Waals surface area contributed by atoms with E-state index in [0.717, 1.165) is 82.5 Å². The molecule has 202 valence electrons. The Balaban J connectivity index is 1.18. The largest absolute Gasteiger partial charge is 0.371 e. The van der Waals surface area contributed by atoms with Crippen molar-refractivity contribution in [2.24, 2.45) is 5.92 Å². The van der Waals surface area contributed by atoms with Crippen LogP contribution in [0.25, 0.3) is 0 Å². The molecule has 3 saturated heterocycles. The van der Waals surface area contributed by atoms with Gasteiger partial charge < -0.3 is 25.8 Å². The van der Waals surface area contributed by atoms with Crippen molar-refractivity contribution < 1.29 is 0 Å². The van der Waals surface area contributed by atoms with Crippen molar-refractivity contribution >= 4 is 35.8 Å². The second kappa shape index (κ2) is 12.5. The van der Waals surface area contributed by atoms with E-state index in [-0.39, 0.29) is 5.56 Å². The van der Waals surface area contributed by atoms with Gasteiger partial charge in [-0.05, 0) is 75.4 Å². The number of benzene rings is 1. The summed E-state index contributed by atoms with van der Waals surface area (Å²) in [6, 6.07) is 9.07. The molecule has 5 rings (SSSR count). The minimum atomic E-state index is -0.186. The van der Waals surface area contributed by atoms with E-state index in [1.54, 1.807) is 0 Å². The number of thiol groups is 1. The maximum absolute atomic E-state index is 12.7. The van der Waals surface area contributed by atoms with Crippen LogP contribution in [0.4, 0.5) is 23.0 Å². The van der Waals surface area contributed by atoms with Crippen molar-refractivity contribution in [3.8, 4) is 0 Å². The number of aromatic nitrogens is 2. The molecule has 0 unspecified atom stereocenters. The first-order valence-corrected chi connectivity index (χ1v) is 14.4. The highest BCUT2D eigenvalue weighted by atomic mass is 32.1. The Morgan fingerprint density at radius 1 is 0.973 bits per heavy atom. The molecule has 0 aliphatic carbocycles. The standard InChI is InChI=1S/C27H42N8OS/c1-2-24-25(29-19-20-7-11-28-12-8-20)32-26(27(36)31-24)30-21-3-5-22(6-4-21)33-13-9-23(10-14-33)34-15-17-35(37)18-16-34/h3-6,20,23,28,37H,2,7-19H2,1H3,(H,31,36)(H2,29,30,32). The summed E-state index contributed by atoms with van der Waals surface area (Å²) in [7, 11) is 0. The Bertz CT molecular complexity index is 1060. The molecular weight excluding hydrogens is 484 g/mol. The average Bonchev–Trinajstić information content (AvgIpc) is 2.94. The molecule has 0 bridgehead atoms. The van der Waals surface area contributed by atoms with Gasteiger partial charge in [0, 0.05) is 63.2 Å². The predicted octanol–water partition coefficient (Wildman–Crippen LogP) is 2.92. The highest BCUT2D eigenvalue weighted by Crippen LogP contribution is 2.26. The zero-order valence-electron chi connectivity index (χ0n) is 22.0. The molecule has 4 heterocycles. The molecule has 1 aromatic heterocycles. The van der Waals surface area contributed by atoms with Crippen LogP contribution in [0.5, 0.6) is 0 Å². The number of anilines is 4. The zero-order chi connectivity index (χ0) is 25.6. The van der Waals surface area contributed by atoms with Crippen LogP contribution in [0.15, 0.2) is 29.1 Å². The molecule has 2 aromatic rings. The SMILES string of the molecule is CCc1[nH]c(=O)c(Nc2ccc(N3CCC(N4CCN(S)CC4)CC3)cc2)nc1NCC1CCNCC1. The first-order valence-electron chi connectivity index (χ1n) is 14.0. The van der Waals surface area contributed by atoms with Crippen molar-refractivity contribution in [1.82, 2.24) is 24.5 Å². The Kier molecular flexibility index (Phi) is 8.91. The van der Waals surface area contributed by atoms with Crippen molar-refractivity contribution in [2.45, 2.75) is 45.1 Å². The molecule has 3 aliphatic heterocycles. The van der Waals surface area contributed by atoms with Crippen LogP contribution < -0.4 is 26.4 Å². The fourth-order valence-corrected chi connectivity index (χ4v) is 5.94. The van der Waals surface area contributed by atoms with Gasteiger partial charge in [0.1, 0.15) is 5.82 Å². The Morgan fingerprint density at radius 3 is 2.35 bits per heavy atom. The predicted molar refractivity (Wildman–Crippen MR) is 155 cm³/mol. The van der Waals surface area contributed by atoms with Gasteiger partial charge in [0.15, 0.2) is 5.82 Å². The molecule has 3 fully saturated rings. The van der Waals surface area contributed by atoms with Crippen LogP contribution in [0.2, 0.25) is 0 Å². The Hall–Kier alpha value is -2.27. The number of piperazine rings is 1. The molecule has 0 atom stereocenters. The summed E-state index contributed by atoms with van der Waals surface area (Å²) in [5.74, 6) is 1.74. The van der Waals surface area contributed by atoms with Crippen LogP contribution >= 0.6 is 12.8 Å². The van der Waals surface area contributed by atoms with E-state index in [4.69, 9.17) is 0 Å². The van der Waals surface area contributed by atoms with E-state index in [2.05, 4.69) is 65.0 Å². The minimum Gasteiger partial charge on any atom is -0.371 e. The van der Waals surface area contributed by atoms with Gasteiger partial charge in [-0.2, -0.15) is 0 Å². The highest BCUT2D eigenvalue weighted by Gasteiger charge is 2.27. The second-order valence-electron chi connectivity index (χ2n) is 10.5. The molecule has 4 N–H and O–H groups in total. The number of hydrogen-bond donors (Lipinski definition) is 5. The quantitative estimate of drug-likeness (QED) is 0.336. The van der Waals surface area contributed by atoms with Crippen molar-refractivity contribution in [1.29, 1.82) is 0 Å². The minimum absolute atomic E-state index is 0.186. The van der Waals surface area contributed by atoms with Gasteiger partial charge in [0.25, 0.3) is 5.56 Å². The Labute approximate surface area is 225 Å². The fraction of sp³-hybridized carbons (Fsp3) is 0.630. The lowest BCUT2D eigenvalue weighted by atomic mass is 9.98. The number of nitrogens with one attached hydrogen (secondary N) is 4.